The third kappa shape index (κ3) is 4.10. The van der Waals surface area contributed by atoms with Gasteiger partial charge in [-0.1, -0.05) is 35.9 Å². The molecule has 0 radical (unpaired) electrons. The first-order valence-electron chi connectivity index (χ1n) is 7.96. The number of aromatic nitrogens is 2. The molecule has 1 heterocycles. The maximum atomic E-state index is 12.4. The van der Waals surface area contributed by atoms with Crippen molar-refractivity contribution in [1.29, 1.82) is 0 Å². The predicted octanol–water partition coefficient (Wildman–Crippen LogP) is 3.20. The summed E-state index contributed by atoms with van der Waals surface area (Å²) >= 11 is 6.15. The number of benzene rings is 2. The SMILES string of the molecule is CNC(=O)c1cccc(NC(=O)c2cnn(Cc3ccccc3Cl)c2)c1. The van der Waals surface area contributed by atoms with Gasteiger partial charge in [-0.2, -0.15) is 5.10 Å². The minimum atomic E-state index is -0.301. The van der Waals surface area contributed by atoms with E-state index in [1.165, 1.54) is 6.20 Å². The summed E-state index contributed by atoms with van der Waals surface area (Å²) in [5.41, 5.74) is 2.35. The van der Waals surface area contributed by atoms with Gasteiger partial charge in [0.2, 0.25) is 0 Å². The second kappa shape index (κ2) is 7.84. The van der Waals surface area contributed by atoms with E-state index in [4.69, 9.17) is 11.6 Å². The van der Waals surface area contributed by atoms with E-state index in [0.29, 0.717) is 28.4 Å². The van der Waals surface area contributed by atoms with Crippen molar-refractivity contribution in [2.45, 2.75) is 6.54 Å². The first kappa shape index (κ1) is 17.7. The van der Waals surface area contributed by atoms with Gasteiger partial charge in [0, 0.05) is 29.5 Å². The molecular weight excluding hydrogens is 352 g/mol. The first-order chi connectivity index (χ1) is 12.6. The van der Waals surface area contributed by atoms with Crippen LogP contribution in [0.5, 0.6) is 0 Å². The molecule has 2 amide bonds. The number of amides is 2. The monoisotopic (exact) mass is 368 g/mol. The minimum absolute atomic E-state index is 0.214. The molecule has 3 rings (SSSR count). The Balaban J connectivity index is 1.71. The summed E-state index contributed by atoms with van der Waals surface area (Å²) in [6, 6.07) is 14.2. The van der Waals surface area contributed by atoms with Gasteiger partial charge in [0.05, 0.1) is 18.3 Å². The lowest BCUT2D eigenvalue weighted by atomic mass is 10.2. The fraction of sp³-hybridized carbons (Fsp3) is 0.105. The molecule has 0 aliphatic rings. The number of hydrogen-bond acceptors (Lipinski definition) is 3. The topological polar surface area (TPSA) is 76.0 Å². The average molecular weight is 369 g/mol. The second-order valence-electron chi connectivity index (χ2n) is 5.63. The maximum absolute atomic E-state index is 12.4. The van der Waals surface area contributed by atoms with Gasteiger partial charge in [0.25, 0.3) is 11.8 Å². The van der Waals surface area contributed by atoms with Crippen molar-refractivity contribution in [3.8, 4) is 0 Å². The normalized spacial score (nSPS) is 10.4. The van der Waals surface area contributed by atoms with Crippen LogP contribution in [0.3, 0.4) is 0 Å². The molecule has 2 N–H and O–H groups in total. The molecule has 0 aliphatic carbocycles. The molecule has 2 aromatic carbocycles. The number of carbonyl (C=O) groups is 2. The maximum Gasteiger partial charge on any atom is 0.258 e. The van der Waals surface area contributed by atoms with Crippen LogP contribution in [0, 0.1) is 0 Å². The van der Waals surface area contributed by atoms with Gasteiger partial charge in [0.1, 0.15) is 0 Å². The minimum Gasteiger partial charge on any atom is -0.355 e. The van der Waals surface area contributed by atoms with Crippen LogP contribution in [0.15, 0.2) is 60.9 Å². The van der Waals surface area contributed by atoms with Crippen LogP contribution in [0.1, 0.15) is 26.3 Å². The molecule has 0 atom stereocenters. The quantitative estimate of drug-likeness (QED) is 0.726. The van der Waals surface area contributed by atoms with Gasteiger partial charge in [-0.05, 0) is 29.8 Å². The molecule has 0 unspecified atom stereocenters. The van der Waals surface area contributed by atoms with E-state index in [1.807, 2.05) is 24.3 Å². The van der Waals surface area contributed by atoms with Gasteiger partial charge in [-0.3, -0.25) is 14.3 Å². The summed E-state index contributed by atoms with van der Waals surface area (Å²) < 4.78 is 1.65. The van der Waals surface area contributed by atoms with Gasteiger partial charge >= 0.3 is 0 Å². The van der Waals surface area contributed by atoms with Crippen LogP contribution in [-0.4, -0.2) is 28.6 Å². The van der Waals surface area contributed by atoms with Crippen LogP contribution in [0.4, 0.5) is 5.69 Å². The van der Waals surface area contributed by atoms with Crippen molar-refractivity contribution >= 4 is 29.1 Å². The zero-order valence-corrected chi connectivity index (χ0v) is 14.8. The highest BCUT2D eigenvalue weighted by Crippen LogP contribution is 2.17. The lowest BCUT2D eigenvalue weighted by Crippen LogP contribution is -2.18. The summed E-state index contributed by atoms with van der Waals surface area (Å²) in [5, 5.41) is 10.2. The van der Waals surface area contributed by atoms with Gasteiger partial charge in [-0.15, -0.1) is 0 Å². The third-order valence-electron chi connectivity index (χ3n) is 3.80. The van der Waals surface area contributed by atoms with Crippen molar-refractivity contribution in [3.63, 3.8) is 0 Å². The standard InChI is InChI=1S/C19H17ClN4O2/c1-21-18(25)13-6-4-7-16(9-13)23-19(26)15-10-22-24(12-15)11-14-5-2-3-8-17(14)20/h2-10,12H,11H2,1H3,(H,21,25)(H,23,26). The van der Waals surface area contributed by atoms with Crippen LogP contribution >= 0.6 is 11.6 Å². The lowest BCUT2D eigenvalue weighted by molar-refractivity contribution is 0.0961. The van der Waals surface area contributed by atoms with Gasteiger partial charge < -0.3 is 10.6 Å². The van der Waals surface area contributed by atoms with Crippen LogP contribution in [0.2, 0.25) is 5.02 Å². The lowest BCUT2D eigenvalue weighted by Gasteiger charge is -2.06. The van der Waals surface area contributed by atoms with Crippen molar-refractivity contribution in [3.05, 3.63) is 82.6 Å². The third-order valence-corrected chi connectivity index (χ3v) is 4.16. The Morgan fingerprint density at radius 2 is 1.88 bits per heavy atom. The Labute approximate surface area is 155 Å². The fourth-order valence-corrected chi connectivity index (χ4v) is 2.65. The molecule has 26 heavy (non-hydrogen) atoms. The molecule has 0 saturated carbocycles. The molecule has 132 valence electrons. The fourth-order valence-electron chi connectivity index (χ4n) is 2.45. The first-order valence-corrected chi connectivity index (χ1v) is 8.34. The highest BCUT2D eigenvalue weighted by Gasteiger charge is 2.11. The summed E-state index contributed by atoms with van der Waals surface area (Å²) in [7, 11) is 1.56. The molecule has 7 heteroatoms. The van der Waals surface area contributed by atoms with Crippen LogP contribution in [-0.2, 0) is 6.54 Å². The predicted molar refractivity (Wildman–Crippen MR) is 101 cm³/mol. The van der Waals surface area contributed by atoms with E-state index in [9.17, 15) is 9.59 Å². The Kier molecular flexibility index (Phi) is 5.34. The van der Waals surface area contributed by atoms with E-state index < -0.39 is 0 Å². The molecule has 0 aliphatic heterocycles. The number of anilines is 1. The molecule has 3 aromatic rings. The highest BCUT2D eigenvalue weighted by molar-refractivity contribution is 6.31. The number of halogens is 1. The van der Waals surface area contributed by atoms with Crippen molar-refractivity contribution in [2.24, 2.45) is 0 Å². The Hall–Kier alpha value is -3.12. The van der Waals surface area contributed by atoms with E-state index in [-0.39, 0.29) is 11.8 Å². The molecular formula is C19H17ClN4O2. The second-order valence-corrected chi connectivity index (χ2v) is 6.04. The summed E-state index contributed by atoms with van der Waals surface area (Å²) in [6.07, 6.45) is 3.15. The Morgan fingerprint density at radius 1 is 1.08 bits per heavy atom. The van der Waals surface area contributed by atoms with Gasteiger partial charge in [0.15, 0.2) is 0 Å². The van der Waals surface area contributed by atoms with Crippen molar-refractivity contribution < 1.29 is 9.59 Å². The molecule has 0 bridgehead atoms. The molecule has 0 fully saturated rings. The zero-order chi connectivity index (χ0) is 18.5. The average Bonchev–Trinajstić information content (AvgIpc) is 3.12. The van der Waals surface area contributed by atoms with E-state index >= 15 is 0 Å². The summed E-state index contributed by atoms with van der Waals surface area (Å²) in [5.74, 6) is -0.516. The summed E-state index contributed by atoms with van der Waals surface area (Å²) in [4.78, 5) is 24.1. The summed E-state index contributed by atoms with van der Waals surface area (Å²) in [6.45, 7) is 0.471. The number of nitrogens with zero attached hydrogens (tertiary/aromatic N) is 2. The van der Waals surface area contributed by atoms with Crippen molar-refractivity contribution in [2.75, 3.05) is 12.4 Å². The zero-order valence-electron chi connectivity index (χ0n) is 14.1. The number of hydrogen-bond donors (Lipinski definition) is 2. The Bertz CT molecular complexity index is 952. The van der Waals surface area contributed by atoms with Crippen LogP contribution in [0.25, 0.3) is 0 Å². The molecule has 0 saturated heterocycles. The largest absolute Gasteiger partial charge is 0.355 e. The van der Waals surface area contributed by atoms with Crippen LogP contribution < -0.4 is 10.6 Å². The molecule has 0 spiro atoms. The van der Waals surface area contributed by atoms with E-state index in [0.717, 1.165) is 5.56 Å². The molecule has 1 aromatic heterocycles. The smallest absolute Gasteiger partial charge is 0.258 e. The molecule has 6 nitrogen and oxygen atoms in total. The Morgan fingerprint density at radius 3 is 2.65 bits per heavy atom. The number of carbonyl (C=O) groups excluding carboxylic acids is 2. The number of rotatable bonds is 5. The van der Waals surface area contributed by atoms with Gasteiger partial charge in [-0.25, -0.2) is 0 Å². The van der Waals surface area contributed by atoms with E-state index in [2.05, 4.69) is 15.7 Å². The highest BCUT2D eigenvalue weighted by atomic mass is 35.5. The van der Waals surface area contributed by atoms with Crippen molar-refractivity contribution in [1.82, 2.24) is 15.1 Å². The number of nitrogens with one attached hydrogen (secondary N) is 2. The van der Waals surface area contributed by atoms with E-state index in [1.54, 1.807) is 42.2 Å².